The number of carboxylic acids is 1. The first kappa shape index (κ1) is 33.5. The predicted octanol–water partition coefficient (Wildman–Crippen LogP) is 12.1. The Labute approximate surface area is 313 Å². The molecular weight excluding hydrogens is 697 g/mol. The van der Waals surface area contributed by atoms with Crippen molar-refractivity contribution in [2.45, 2.75) is 13.8 Å². The molecule has 0 aliphatic rings. The van der Waals surface area contributed by atoms with Gasteiger partial charge in [0.05, 0.1) is 0 Å². The number of thiophene rings is 2. The fraction of sp³-hybridized carbons (Fsp3) is 0.0455. The van der Waals surface area contributed by atoms with E-state index < -0.39 is 5.97 Å². The molecule has 0 radical (unpaired) electrons. The zero-order valence-corrected chi connectivity index (χ0v) is 30.3. The maximum Gasteiger partial charge on any atom is 0.346 e. The molecule has 1 N–H and O–H groups in total. The summed E-state index contributed by atoms with van der Waals surface area (Å²) in [5, 5.41) is 27.0. The number of nitriles is 1. The molecule has 0 spiro atoms. The molecule has 0 saturated heterocycles. The monoisotopic (exact) mass is 726 g/mol. The van der Waals surface area contributed by atoms with Crippen LogP contribution >= 0.6 is 22.7 Å². The first-order valence-corrected chi connectivity index (χ1v) is 18.4. The summed E-state index contributed by atoms with van der Waals surface area (Å²) in [6, 6.07) is 47.3. The van der Waals surface area contributed by atoms with Crippen LogP contribution in [0.5, 0.6) is 0 Å². The molecule has 256 valence electrons. The highest BCUT2D eigenvalue weighted by atomic mass is 32.1. The van der Waals surface area contributed by atoms with E-state index in [4.69, 9.17) is 9.89 Å². The van der Waals surface area contributed by atoms with E-state index in [9.17, 15) is 9.90 Å². The Kier molecular flexibility index (Phi) is 8.98. The smallest absolute Gasteiger partial charge is 0.346 e. The van der Waals surface area contributed by atoms with Crippen molar-refractivity contribution in [1.29, 1.82) is 5.26 Å². The second kappa shape index (κ2) is 14.2. The number of carboxylic acid groups (broad SMARTS) is 1. The fourth-order valence-electron chi connectivity index (χ4n) is 6.47. The van der Waals surface area contributed by atoms with Crippen molar-refractivity contribution < 1.29 is 14.5 Å². The lowest BCUT2D eigenvalue weighted by Crippen LogP contribution is -2.09. The molecule has 8 rings (SSSR count). The summed E-state index contributed by atoms with van der Waals surface area (Å²) < 4.78 is 5.35. The zero-order chi connectivity index (χ0) is 36.5. The molecule has 0 amide bonds. The molecule has 0 aliphatic heterocycles. The third-order valence-corrected chi connectivity index (χ3v) is 11.7. The van der Waals surface area contributed by atoms with Gasteiger partial charge < -0.3 is 10.0 Å². The van der Waals surface area contributed by atoms with E-state index in [0.717, 1.165) is 59.5 Å². The van der Waals surface area contributed by atoms with Crippen molar-refractivity contribution in [1.82, 2.24) is 10.3 Å². The van der Waals surface area contributed by atoms with Gasteiger partial charge in [-0.2, -0.15) is 5.26 Å². The summed E-state index contributed by atoms with van der Waals surface area (Å²) in [5.74, 6) is -1.25. The van der Waals surface area contributed by atoms with Gasteiger partial charge in [0.1, 0.15) is 22.7 Å². The molecule has 0 unspecified atom stereocenters. The molecule has 9 heteroatoms. The van der Waals surface area contributed by atoms with E-state index in [1.165, 1.54) is 16.5 Å². The number of hydrogen-bond donors (Lipinski definition) is 1. The first-order chi connectivity index (χ1) is 25.9. The summed E-state index contributed by atoms with van der Waals surface area (Å²) in [4.78, 5) is 17.9. The maximum absolute atomic E-state index is 11.3. The van der Waals surface area contributed by atoms with Crippen LogP contribution in [0.15, 0.2) is 144 Å². The molecule has 8 aromatic rings. The average Bonchev–Trinajstić information content (AvgIpc) is 3.94. The first-order valence-electron chi connectivity index (χ1n) is 16.8. The van der Waals surface area contributed by atoms with Gasteiger partial charge in [-0.15, -0.1) is 22.7 Å². The number of anilines is 3. The topological polar surface area (TPSA) is 103 Å². The SMILES string of the molecule is Cc1cc(-c2ccc(-c3cc(C)c(-c4ccc(N(c5ccccc5)c5ccccc5)cc4)s3)c3nonc23)sc1-c1ccc(/C=C(\C#N)C(=O)O)cc1. The van der Waals surface area contributed by atoms with E-state index in [0.29, 0.717) is 16.6 Å². The lowest BCUT2D eigenvalue weighted by atomic mass is 10.0. The molecule has 0 fully saturated rings. The van der Waals surface area contributed by atoms with Gasteiger partial charge in [-0.05, 0) is 107 Å². The lowest BCUT2D eigenvalue weighted by Gasteiger charge is -2.25. The number of benzene rings is 5. The third-order valence-electron chi connectivity index (χ3n) is 9.03. The van der Waals surface area contributed by atoms with Crippen LogP contribution in [-0.4, -0.2) is 21.4 Å². The van der Waals surface area contributed by atoms with Crippen LogP contribution in [-0.2, 0) is 4.79 Å². The standard InChI is InChI=1S/C44H30N4O3S2/c1-27-23-38(52-42(27)30-15-13-29(14-16-30)25-32(26-45)44(49)50)36-21-22-37(41-40(36)46-51-47-41)39-24-28(2)43(53-39)31-17-19-35(20-18-31)48(33-9-5-3-6-10-33)34-11-7-4-8-12-34/h3-25H,1-2H3,(H,49,50)/b32-25+. The molecule has 5 aromatic carbocycles. The molecule has 0 saturated carbocycles. The molecule has 7 nitrogen and oxygen atoms in total. The van der Waals surface area contributed by atoms with Crippen LogP contribution in [0, 0.1) is 25.2 Å². The Morgan fingerprint density at radius 3 is 1.58 bits per heavy atom. The highest BCUT2D eigenvalue weighted by Gasteiger charge is 2.20. The molecule has 3 aromatic heterocycles. The number of hydrogen-bond acceptors (Lipinski definition) is 8. The number of fused-ring (bicyclic) bond motifs is 1. The van der Waals surface area contributed by atoms with Crippen molar-refractivity contribution in [3.8, 4) is 47.8 Å². The van der Waals surface area contributed by atoms with Crippen LogP contribution in [0.1, 0.15) is 16.7 Å². The van der Waals surface area contributed by atoms with Gasteiger partial charge in [-0.1, -0.05) is 84.9 Å². The summed E-state index contributed by atoms with van der Waals surface area (Å²) in [5.41, 5.74) is 11.4. The van der Waals surface area contributed by atoms with Gasteiger partial charge >= 0.3 is 5.97 Å². The number of aryl methyl sites for hydroxylation is 2. The van der Waals surface area contributed by atoms with Gasteiger partial charge in [-0.25, -0.2) is 9.42 Å². The van der Waals surface area contributed by atoms with E-state index in [1.807, 2.05) is 36.4 Å². The zero-order valence-electron chi connectivity index (χ0n) is 28.6. The molecular formula is C44H30N4O3S2. The van der Waals surface area contributed by atoms with Gasteiger partial charge in [0, 0.05) is 47.7 Å². The van der Waals surface area contributed by atoms with Crippen molar-refractivity contribution in [2.24, 2.45) is 0 Å². The van der Waals surface area contributed by atoms with Crippen molar-refractivity contribution in [3.05, 3.63) is 156 Å². The second-order valence-corrected chi connectivity index (χ2v) is 14.6. The second-order valence-electron chi connectivity index (χ2n) is 12.5. The number of aromatic nitrogens is 2. The Hall–Kier alpha value is -6.60. The molecule has 0 atom stereocenters. The van der Waals surface area contributed by atoms with Crippen molar-refractivity contribution >= 4 is 62.8 Å². The van der Waals surface area contributed by atoms with Crippen LogP contribution in [0.2, 0.25) is 0 Å². The third kappa shape index (κ3) is 6.53. The predicted molar refractivity (Wildman–Crippen MR) is 215 cm³/mol. The Morgan fingerprint density at radius 2 is 1.13 bits per heavy atom. The van der Waals surface area contributed by atoms with E-state index in [2.05, 4.69) is 126 Å². The quantitative estimate of drug-likeness (QED) is 0.117. The minimum Gasteiger partial charge on any atom is -0.477 e. The highest BCUT2D eigenvalue weighted by Crippen LogP contribution is 2.45. The summed E-state index contributed by atoms with van der Waals surface area (Å²) in [6.07, 6.45) is 1.37. The Balaban J connectivity index is 1.08. The van der Waals surface area contributed by atoms with Crippen molar-refractivity contribution in [2.75, 3.05) is 4.90 Å². The van der Waals surface area contributed by atoms with Gasteiger partial charge in [0.2, 0.25) is 0 Å². The molecule has 3 heterocycles. The highest BCUT2D eigenvalue weighted by molar-refractivity contribution is 7.19. The van der Waals surface area contributed by atoms with Crippen LogP contribution in [0.4, 0.5) is 17.1 Å². The Morgan fingerprint density at radius 1 is 0.679 bits per heavy atom. The van der Waals surface area contributed by atoms with Crippen molar-refractivity contribution in [3.63, 3.8) is 0 Å². The fourth-order valence-corrected chi connectivity index (χ4v) is 8.88. The molecule has 0 bridgehead atoms. The number of nitrogens with zero attached hydrogens (tertiary/aromatic N) is 4. The summed E-state index contributed by atoms with van der Waals surface area (Å²) >= 11 is 3.38. The van der Waals surface area contributed by atoms with Gasteiger partial charge in [0.25, 0.3) is 0 Å². The number of rotatable bonds is 9. The van der Waals surface area contributed by atoms with Crippen LogP contribution < -0.4 is 4.90 Å². The average molecular weight is 727 g/mol. The number of aliphatic carboxylic acids is 1. The van der Waals surface area contributed by atoms with E-state index >= 15 is 0 Å². The minimum atomic E-state index is -1.25. The molecule has 53 heavy (non-hydrogen) atoms. The largest absolute Gasteiger partial charge is 0.477 e. The lowest BCUT2D eigenvalue weighted by molar-refractivity contribution is -0.132. The van der Waals surface area contributed by atoms with E-state index in [-0.39, 0.29) is 5.57 Å². The van der Waals surface area contributed by atoms with Gasteiger partial charge in [0.15, 0.2) is 0 Å². The summed E-state index contributed by atoms with van der Waals surface area (Å²) in [7, 11) is 0. The van der Waals surface area contributed by atoms with E-state index in [1.54, 1.807) is 28.7 Å². The normalized spacial score (nSPS) is 11.5. The minimum absolute atomic E-state index is 0.307. The summed E-state index contributed by atoms with van der Waals surface area (Å²) in [6.45, 7) is 4.21. The number of para-hydroxylation sites is 2. The van der Waals surface area contributed by atoms with Crippen LogP contribution in [0.25, 0.3) is 58.9 Å². The molecule has 0 aliphatic carbocycles. The Bertz CT molecular complexity index is 2630. The van der Waals surface area contributed by atoms with Crippen LogP contribution in [0.3, 0.4) is 0 Å². The number of carbonyl (C=O) groups is 1. The van der Waals surface area contributed by atoms with Gasteiger partial charge in [-0.3, -0.25) is 0 Å². The maximum atomic E-state index is 11.3.